The third-order valence-electron chi connectivity index (χ3n) is 2.04. The van der Waals surface area contributed by atoms with Gasteiger partial charge in [0.1, 0.15) is 0 Å². The van der Waals surface area contributed by atoms with Crippen molar-refractivity contribution in [1.82, 2.24) is 15.5 Å². The van der Waals surface area contributed by atoms with E-state index in [9.17, 15) is 5.21 Å². The van der Waals surface area contributed by atoms with Crippen molar-refractivity contribution in [3.63, 3.8) is 0 Å². The second-order valence-corrected chi connectivity index (χ2v) is 3.87. The largest absolute Gasteiger partial charge is 0.605 e. The number of quaternary nitrogens is 1. The molecule has 1 saturated heterocycles. The summed E-state index contributed by atoms with van der Waals surface area (Å²) >= 11 is 3.33. The number of hydroxylamine groups is 1. The molecule has 4 nitrogen and oxygen atoms in total. The molecule has 0 amide bonds. The number of nitrogens with one attached hydrogen (secondary N) is 2. The smallest absolute Gasteiger partial charge is 0.156 e. The van der Waals surface area contributed by atoms with E-state index in [0.29, 0.717) is 19.0 Å². The van der Waals surface area contributed by atoms with Crippen molar-refractivity contribution in [2.45, 2.75) is 0 Å². The first-order chi connectivity index (χ1) is 6.21. The zero-order valence-electron chi connectivity index (χ0n) is 6.96. The van der Waals surface area contributed by atoms with Crippen LogP contribution in [0.4, 0.5) is 5.69 Å². The summed E-state index contributed by atoms with van der Waals surface area (Å²) in [5.41, 5.74) is 3.54. The van der Waals surface area contributed by atoms with Gasteiger partial charge in [-0.25, -0.2) is 4.76 Å². The molecule has 5 heteroatoms. The van der Waals surface area contributed by atoms with Crippen LogP contribution in [0, 0.1) is 5.21 Å². The number of rotatable bonds is 1. The fraction of sp³-hybridized carbons (Fsp3) is 0.250. The Kier molecular flexibility index (Phi) is 2.35. The molecule has 2 rings (SSSR count). The van der Waals surface area contributed by atoms with E-state index in [1.165, 1.54) is 0 Å². The van der Waals surface area contributed by atoms with Gasteiger partial charge in [0.25, 0.3) is 0 Å². The van der Waals surface area contributed by atoms with Crippen LogP contribution in [0.5, 0.6) is 0 Å². The lowest BCUT2D eigenvalue weighted by atomic mass is 10.3. The molecule has 1 atom stereocenters. The van der Waals surface area contributed by atoms with E-state index in [1.807, 2.05) is 24.3 Å². The number of hydrogen-bond donors (Lipinski definition) is 2. The second kappa shape index (κ2) is 3.36. The fourth-order valence-corrected chi connectivity index (χ4v) is 1.58. The van der Waals surface area contributed by atoms with Crippen LogP contribution in [0.25, 0.3) is 0 Å². The van der Waals surface area contributed by atoms with Crippen molar-refractivity contribution in [2.24, 2.45) is 0 Å². The van der Waals surface area contributed by atoms with Gasteiger partial charge in [0.05, 0.1) is 6.67 Å². The maximum absolute atomic E-state index is 12.0. The Balaban J connectivity index is 2.29. The highest BCUT2D eigenvalue weighted by atomic mass is 79.9. The molecule has 1 aromatic rings. The Morgan fingerprint density at radius 2 is 2.00 bits per heavy atom. The van der Waals surface area contributed by atoms with E-state index in [1.54, 1.807) is 0 Å². The molecule has 1 heterocycles. The molecule has 2 N–H and O–H groups in total. The molecule has 0 bridgehead atoms. The van der Waals surface area contributed by atoms with Crippen molar-refractivity contribution in [1.29, 1.82) is 0 Å². The van der Waals surface area contributed by atoms with Gasteiger partial charge in [-0.3, -0.25) is 5.32 Å². The topological polar surface area (TPSA) is 47.1 Å². The first-order valence-electron chi connectivity index (χ1n) is 4.02. The van der Waals surface area contributed by atoms with Gasteiger partial charge in [0.15, 0.2) is 12.4 Å². The molecule has 1 aliphatic heterocycles. The first-order valence-corrected chi connectivity index (χ1v) is 4.81. The predicted molar refractivity (Wildman–Crippen MR) is 55.3 cm³/mol. The van der Waals surface area contributed by atoms with E-state index >= 15 is 0 Å². The van der Waals surface area contributed by atoms with Crippen LogP contribution in [-0.2, 0) is 0 Å². The molecule has 0 saturated carbocycles. The highest BCUT2D eigenvalue weighted by molar-refractivity contribution is 9.10. The van der Waals surface area contributed by atoms with Crippen molar-refractivity contribution in [2.75, 3.05) is 13.3 Å². The number of benzene rings is 1. The van der Waals surface area contributed by atoms with Crippen LogP contribution in [0.2, 0.25) is 0 Å². The van der Waals surface area contributed by atoms with Crippen LogP contribution < -0.4 is 15.5 Å². The average Bonchev–Trinajstić information content (AvgIpc) is 2.54. The van der Waals surface area contributed by atoms with Gasteiger partial charge in [-0.05, 0) is 12.1 Å². The van der Waals surface area contributed by atoms with Gasteiger partial charge >= 0.3 is 0 Å². The van der Waals surface area contributed by atoms with Crippen LogP contribution >= 0.6 is 15.9 Å². The highest BCUT2D eigenvalue weighted by Crippen LogP contribution is 2.22. The maximum Gasteiger partial charge on any atom is 0.156 e. The summed E-state index contributed by atoms with van der Waals surface area (Å²) < 4.78 is 0.489. The Bertz CT molecular complexity index is 295. The summed E-state index contributed by atoms with van der Waals surface area (Å²) in [6.07, 6.45) is 0. The van der Waals surface area contributed by atoms with Crippen LogP contribution in [0.3, 0.4) is 0 Å². The molecule has 13 heavy (non-hydrogen) atoms. The van der Waals surface area contributed by atoms with Gasteiger partial charge < -0.3 is 5.21 Å². The Morgan fingerprint density at radius 1 is 1.31 bits per heavy atom. The molecule has 1 fully saturated rings. The number of hydrogen-bond acceptors (Lipinski definition) is 3. The van der Waals surface area contributed by atoms with E-state index in [0.717, 1.165) is 4.47 Å². The van der Waals surface area contributed by atoms with Gasteiger partial charge in [0, 0.05) is 16.6 Å². The third-order valence-corrected chi connectivity index (χ3v) is 2.57. The molecule has 0 radical (unpaired) electrons. The summed E-state index contributed by atoms with van der Waals surface area (Å²) in [5, 5.41) is 14.9. The SMILES string of the molecule is [O-][N+]1(c2ccc(Br)cc2)CNCN1. The summed E-state index contributed by atoms with van der Waals surface area (Å²) in [6, 6.07) is 7.37. The molecular weight excluding hydrogens is 234 g/mol. The lowest BCUT2D eigenvalue weighted by molar-refractivity contribution is 0.351. The number of halogens is 1. The Hall–Kier alpha value is -0.460. The zero-order valence-corrected chi connectivity index (χ0v) is 8.54. The lowest BCUT2D eigenvalue weighted by Gasteiger charge is -2.34. The van der Waals surface area contributed by atoms with Gasteiger partial charge in [-0.2, -0.15) is 0 Å². The van der Waals surface area contributed by atoms with Crippen LogP contribution in [-0.4, -0.2) is 13.3 Å². The van der Waals surface area contributed by atoms with Crippen LogP contribution in [0.1, 0.15) is 0 Å². The van der Waals surface area contributed by atoms with Crippen molar-refractivity contribution < 1.29 is 0 Å². The molecule has 1 aromatic carbocycles. The summed E-state index contributed by atoms with van der Waals surface area (Å²) in [5.74, 6) is 0. The molecule has 0 aromatic heterocycles. The van der Waals surface area contributed by atoms with E-state index in [4.69, 9.17) is 0 Å². The van der Waals surface area contributed by atoms with Gasteiger partial charge in [-0.1, -0.05) is 15.9 Å². The van der Waals surface area contributed by atoms with E-state index in [2.05, 4.69) is 26.7 Å². The van der Waals surface area contributed by atoms with Crippen molar-refractivity contribution in [3.05, 3.63) is 33.9 Å². The average molecular weight is 244 g/mol. The molecule has 70 valence electrons. The van der Waals surface area contributed by atoms with E-state index in [-0.39, 0.29) is 0 Å². The molecule has 1 aliphatic rings. The fourth-order valence-electron chi connectivity index (χ4n) is 1.32. The minimum absolute atomic E-state index is 0.377. The summed E-state index contributed by atoms with van der Waals surface area (Å²) in [6.45, 7) is 0.932. The van der Waals surface area contributed by atoms with Gasteiger partial charge in [-0.15, -0.1) is 5.43 Å². The minimum atomic E-state index is -0.493. The molecule has 0 aliphatic carbocycles. The lowest BCUT2D eigenvalue weighted by Crippen LogP contribution is -2.49. The van der Waals surface area contributed by atoms with Gasteiger partial charge in [0.2, 0.25) is 0 Å². The van der Waals surface area contributed by atoms with Crippen LogP contribution in [0.15, 0.2) is 28.7 Å². The molecular formula is C8H10BrN3O. The first kappa shape index (κ1) is 9.11. The third kappa shape index (κ3) is 1.74. The summed E-state index contributed by atoms with van der Waals surface area (Å²) in [7, 11) is 0. The standard InChI is InChI=1S/C8H10BrN3O/c9-7-1-3-8(4-2-7)12(13)6-10-5-11-12/h1-4,10-11H,5-6H2. The van der Waals surface area contributed by atoms with E-state index < -0.39 is 4.76 Å². The highest BCUT2D eigenvalue weighted by Gasteiger charge is 2.24. The molecule has 0 spiro atoms. The summed E-state index contributed by atoms with van der Waals surface area (Å²) in [4.78, 5) is 0. The molecule has 1 unspecified atom stereocenters. The predicted octanol–water partition coefficient (Wildman–Crippen LogP) is 1.28. The maximum atomic E-state index is 12.0. The minimum Gasteiger partial charge on any atom is -0.605 e. The zero-order chi connectivity index (χ0) is 9.31. The quantitative estimate of drug-likeness (QED) is 0.577. The van der Waals surface area contributed by atoms with Crippen molar-refractivity contribution >= 4 is 21.6 Å². The van der Waals surface area contributed by atoms with Crippen molar-refractivity contribution in [3.8, 4) is 0 Å². The monoisotopic (exact) mass is 243 g/mol. The Labute approximate surface area is 84.8 Å². The normalized spacial score (nSPS) is 27.8. The Morgan fingerprint density at radius 3 is 2.54 bits per heavy atom. The number of nitrogens with zero attached hydrogens (tertiary/aromatic N) is 1. The second-order valence-electron chi connectivity index (χ2n) is 2.96.